The van der Waals surface area contributed by atoms with Gasteiger partial charge < -0.3 is 27.2 Å². The quantitative estimate of drug-likeness (QED) is 0.100. The fourth-order valence-corrected chi connectivity index (χ4v) is 10.2. The summed E-state index contributed by atoms with van der Waals surface area (Å²) in [7, 11) is -4.31. The van der Waals surface area contributed by atoms with E-state index in [9.17, 15) is 0 Å². The van der Waals surface area contributed by atoms with Crippen LogP contribution in [0.2, 0.25) is 18.1 Å². The predicted molar refractivity (Wildman–Crippen MR) is 145 cm³/mol. The largest absolute Gasteiger partial charge is 0.500 e. The zero-order valence-corrected chi connectivity index (χ0v) is 25.3. The summed E-state index contributed by atoms with van der Waals surface area (Å²) in [4.78, 5) is 0. The number of ether oxygens (including phenoxy) is 2. The molecule has 0 amide bonds. The summed E-state index contributed by atoms with van der Waals surface area (Å²) in [6, 6.07) is 2.73. The maximum absolute atomic E-state index is 6.31. The van der Waals surface area contributed by atoms with Crippen LogP contribution in [0.4, 0.5) is 0 Å². The second kappa shape index (κ2) is 21.2. The van der Waals surface area contributed by atoms with Crippen LogP contribution in [0.1, 0.15) is 73.6 Å². The normalized spacial score (nSPS) is 15.3. The second-order valence-electron chi connectivity index (χ2n) is 8.04. The van der Waals surface area contributed by atoms with Gasteiger partial charge in [-0.2, -0.15) is 25.3 Å². The lowest BCUT2D eigenvalue weighted by Gasteiger charge is -2.31. The van der Waals surface area contributed by atoms with Crippen LogP contribution in [0.15, 0.2) is 0 Å². The lowest BCUT2D eigenvalue weighted by Crippen LogP contribution is -2.47. The highest BCUT2D eigenvalue weighted by molar-refractivity contribution is 7.81. The molecule has 0 heterocycles. The Kier molecular flexibility index (Phi) is 21.8. The molecule has 3 atom stereocenters. The molecule has 3 unspecified atom stereocenters. The first-order valence-electron chi connectivity index (χ1n) is 12.5. The zero-order valence-electron chi connectivity index (χ0n) is 21.3. The van der Waals surface area contributed by atoms with Crippen molar-refractivity contribution in [2.45, 2.75) is 109 Å². The Morgan fingerprint density at radius 2 is 1.28 bits per heavy atom. The van der Waals surface area contributed by atoms with E-state index in [0.717, 1.165) is 50.2 Å². The van der Waals surface area contributed by atoms with Gasteiger partial charge in [0.05, 0.1) is 0 Å². The third kappa shape index (κ3) is 16.5. The number of rotatable bonds is 23. The molecule has 0 saturated carbocycles. The average Bonchev–Trinajstić information content (AvgIpc) is 2.76. The van der Waals surface area contributed by atoms with E-state index in [-0.39, 0.29) is 5.25 Å². The van der Waals surface area contributed by atoms with E-state index in [0.29, 0.717) is 38.3 Å². The first-order chi connectivity index (χ1) is 15.4. The van der Waals surface area contributed by atoms with Gasteiger partial charge in [0.1, 0.15) is 0 Å². The number of hydrogen-bond donors (Lipinski definition) is 2. The molecule has 6 nitrogen and oxygen atoms in total. The summed E-state index contributed by atoms with van der Waals surface area (Å²) in [5, 5.41) is 0.537. The summed E-state index contributed by atoms with van der Waals surface area (Å²) in [5.74, 6) is 0. The molecule has 10 heteroatoms. The van der Waals surface area contributed by atoms with E-state index < -0.39 is 24.3 Å². The van der Waals surface area contributed by atoms with Crippen molar-refractivity contribution in [1.82, 2.24) is 0 Å². The summed E-state index contributed by atoms with van der Waals surface area (Å²) >= 11 is 9.49. The van der Waals surface area contributed by atoms with Crippen molar-refractivity contribution in [3.8, 4) is 0 Å². The molecular weight excluding hydrogens is 481 g/mol. The topological polar surface area (TPSA) is 55.4 Å². The molecule has 194 valence electrons. The molecule has 0 fully saturated rings. The predicted octanol–water partition coefficient (Wildman–Crippen LogP) is 5.70. The van der Waals surface area contributed by atoms with Crippen LogP contribution >= 0.6 is 25.3 Å². The van der Waals surface area contributed by atoms with Crippen LogP contribution < -0.4 is 0 Å². The van der Waals surface area contributed by atoms with Crippen molar-refractivity contribution >= 4 is 43.1 Å². The Hall–Kier alpha value is 0.894. The molecule has 0 aromatic carbocycles. The minimum absolute atomic E-state index is 0.193. The third-order valence-corrected chi connectivity index (χ3v) is 11.3. The van der Waals surface area contributed by atoms with Gasteiger partial charge in [0.15, 0.2) is 9.04 Å². The van der Waals surface area contributed by atoms with E-state index in [1.54, 1.807) is 0 Å². The molecule has 32 heavy (non-hydrogen) atoms. The SMILES string of the molecule is CCCO[Si](CCC(S)C[SiH](CCC(C)S)OC(OCC)OCC)(OCCC)OCCC. The Morgan fingerprint density at radius 3 is 1.69 bits per heavy atom. The van der Waals surface area contributed by atoms with Crippen molar-refractivity contribution in [1.29, 1.82) is 0 Å². The highest BCUT2D eigenvalue weighted by atomic mass is 32.1. The molecule has 0 rings (SSSR count). The maximum Gasteiger partial charge on any atom is 0.500 e. The average molecular weight is 531 g/mol. The monoisotopic (exact) mass is 530 g/mol. The van der Waals surface area contributed by atoms with Gasteiger partial charge in [-0.3, -0.25) is 0 Å². The van der Waals surface area contributed by atoms with E-state index in [1.165, 1.54) is 0 Å². The Balaban J connectivity index is 5.09. The number of hydrogen-bond acceptors (Lipinski definition) is 8. The third-order valence-electron chi connectivity index (χ3n) is 4.71. The number of thiol groups is 2. The lowest BCUT2D eigenvalue weighted by atomic mass is 10.4. The van der Waals surface area contributed by atoms with Crippen LogP contribution in [0.25, 0.3) is 0 Å². The molecule has 0 N–H and O–H groups in total. The first-order valence-corrected chi connectivity index (χ1v) is 17.6. The molecule has 0 bridgehead atoms. The van der Waals surface area contributed by atoms with E-state index >= 15 is 0 Å². The minimum atomic E-state index is -2.70. The van der Waals surface area contributed by atoms with Crippen LogP contribution in [0.5, 0.6) is 0 Å². The highest BCUT2D eigenvalue weighted by Gasteiger charge is 2.41. The van der Waals surface area contributed by atoms with Crippen molar-refractivity contribution in [2.75, 3.05) is 33.0 Å². The zero-order chi connectivity index (χ0) is 24.2. The van der Waals surface area contributed by atoms with Crippen LogP contribution in [0, 0.1) is 0 Å². The van der Waals surface area contributed by atoms with Gasteiger partial charge in [-0.05, 0) is 63.3 Å². The molecule has 0 aliphatic carbocycles. The molecule has 0 spiro atoms. The van der Waals surface area contributed by atoms with Crippen molar-refractivity contribution in [3.05, 3.63) is 0 Å². The molecular formula is C22H50O6S2Si2. The summed E-state index contributed by atoms with van der Waals surface area (Å²) in [6.45, 7) is 14.9. The Labute approximate surface area is 211 Å². The van der Waals surface area contributed by atoms with E-state index in [4.69, 9.17) is 39.8 Å². The highest BCUT2D eigenvalue weighted by Crippen LogP contribution is 2.26. The van der Waals surface area contributed by atoms with Gasteiger partial charge in [0.25, 0.3) is 6.48 Å². The van der Waals surface area contributed by atoms with Gasteiger partial charge in [0, 0.05) is 44.3 Å². The summed E-state index contributed by atoms with van der Waals surface area (Å²) < 4.78 is 36.3. The smallest absolute Gasteiger partial charge is 0.374 e. The van der Waals surface area contributed by atoms with Gasteiger partial charge >= 0.3 is 8.80 Å². The van der Waals surface area contributed by atoms with Gasteiger partial charge in [-0.25, -0.2) is 0 Å². The van der Waals surface area contributed by atoms with Crippen molar-refractivity contribution in [3.63, 3.8) is 0 Å². The summed E-state index contributed by atoms with van der Waals surface area (Å²) in [6.07, 6.45) is 4.74. The Morgan fingerprint density at radius 1 is 0.781 bits per heavy atom. The van der Waals surface area contributed by atoms with Crippen molar-refractivity contribution in [2.24, 2.45) is 0 Å². The molecule has 0 aromatic rings. The van der Waals surface area contributed by atoms with Crippen LogP contribution in [-0.4, -0.2) is 67.9 Å². The van der Waals surface area contributed by atoms with E-state index in [1.807, 2.05) is 13.8 Å². The minimum Gasteiger partial charge on any atom is -0.374 e. The fraction of sp³-hybridized carbons (Fsp3) is 1.00. The molecule has 0 aromatic heterocycles. The van der Waals surface area contributed by atoms with Crippen LogP contribution in [-0.2, 0) is 27.2 Å². The second-order valence-corrected chi connectivity index (χ2v) is 14.9. The molecule has 0 radical (unpaired) electrons. The maximum atomic E-state index is 6.31. The molecule has 0 aliphatic rings. The van der Waals surface area contributed by atoms with E-state index in [2.05, 4.69) is 40.3 Å². The first kappa shape index (κ1) is 32.9. The fourth-order valence-electron chi connectivity index (χ4n) is 3.10. The van der Waals surface area contributed by atoms with Crippen LogP contribution in [0.3, 0.4) is 0 Å². The van der Waals surface area contributed by atoms with Gasteiger partial charge in [-0.1, -0.05) is 27.7 Å². The molecule has 0 saturated heterocycles. The van der Waals surface area contributed by atoms with Crippen molar-refractivity contribution < 1.29 is 27.2 Å². The Bertz CT molecular complexity index is 396. The lowest BCUT2D eigenvalue weighted by molar-refractivity contribution is -0.245. The van der Waals surface area contributed by atoms with Gasteiger partial charge in [0.2, 0.25) is 0 Å². The summed E-state index contributed by atoms with van der Waals surface area (Å²) in [5.41, 5.74) is 0. The standard InChI is InChI=1S/C22H50O6S2Si2/c1-7-14-25-32(26-15-8-2,27-16-9-3)18-13-21(30)19-31(17-12-20(6)29)28-22(23-10-4)24-11-5/h20-22,29-31H,7-19H2,1-6H3. The van der Waals surface area contributed by atoms with Gasteiger partial charge in [-0.15, -0.1) is 0 Å². The molecule has 0 aliphatic heterocycles.